The van der Waals surface area contributed by atoms with E-state index in [1.165, 1.54) is 17.0 Å². The Morgan fingerprint density at radius 2 is 2.04 bits per heavy atom. The second-order valence-corrected chi connectivity index (χ2v) is 7.91. The topological polar surface area (TPSA) is 67.7 Å². The summed E-state index contributed by atoms with van der Waals surface area (Å²) >= 11 is 0. The largest absolute Gasteiger partial charge is 0.326 e. The maximum atomic E-state index is 13.5. The van der Waals surface area contributed by atoms with Crippen LogP contribution in [0.1, 0.15) is 26.2 Å². The molecule has 0 spiro atoms. The van der Waals surface area contributed by atoms with Crippen molar-refractivity contribution in [3.05, 3.63) is 29.8 Å². The zero-order valence-electron chi connectivity index (χ0n) is 15.6. The van der Waals surface area contributed by atoms with Gasteiger partial charge in [0.25, 0.3) is 0 Å². The summed E-state index contributed by atoms with van der Waals surface area (Å²) in [4.78, 5) is 30.6. The van der Waals surface area contributed by atoms with E-state index in [9.17, 15) is 23.6 Å². The van der Waals surface area contributed by atoms with Crippen molar-refractivity contribution in [2.45, 2.75) is 44.3 Å². The van der Waals surface area contributed by atoms with E-state index in [2.05, 4.69) is 6.07 Å². The van der Waals surface area contributed by atoms with Gasteiger partial charge in [0.1, 0.15) is 17.7 Å². The highest BCUT2D eigenvalue weighted by molar-refractivity contribution is 6.01. The van der Waals surface area contributed by atoms with E-state index in [0.29, 0.717) is 32.5 Å². The zero-order chi connectivity index (χ0) is 20.0. The number of anilines is 1. The maximum absolute atomic E-state index is 13.5. The van der Waals surface area contributed by atoms with Crippen LogP contribution in [0.15, 0.2) is 18.2 Å². The van der Waals surface area contributed by atoms with Gasteiger partial charge in [0, 0.05) is 37.3 Å². The number of carbonyl (C=O) groups excluding carboxylic acids is 2. The lowest BCUT2D eigenvalue weighted by Gasteiger charge is -2.35. The average molecular weight is 388 g/mol. The number of hydrogen-bond acceptors (Lipinski definition) is 4. The van der Waals surface area contributed by atoms with Crippen LogP contribution in [0.3, 0.4) is 0 Å². The first-order chi connectivity index (χ1) is 13.4. The number of fused-ring (bicyclic) bond motifs is 2. The zero-order valence-corrected chi connectivity index (χ0v) is 15.6. The normalized spacial score (nSPS) is 28.1. The summed E-state index contributed by atoms with van der Waals surface area (Å²) in [5, 5.41) is 9.19. The third-order valence-corrected chi connectivity index (χ3v) is 6.01. The molecule has 8 heteroatoms. The van der Waals surface area contributed by atoms with E-state index in [4.69, 9.17) is 0 Å². The Morgan fingerprint density at radius 1 is 1.32 bits per heavy atom. The van der Waals surface area contributed by atoms with Gasteiger partial charge in [-0.3, -0.25) is 14.5 Å². The number of piperazine rings is 1. The van der Waals surface area contributed by atoms with Crippen molar-refractivity contribution in [2.24, 2.45) is 5.92 Å². The molecule has 6 nitrogen and oxygen atoms in total. The van der Waals surface area contributed by atoms with Gasteiger partial charge in [0.15, 0.2) is 0 Å². The number of likely N-dealkylation sites (tertiary alicyclic amines) is 2. The summed E-state index contributed by atoms with van der Waals surface area (Å²) in [7, 11) is 0. The number of hydrogen-bond donors (Lipinski definition) is 0. The van der Waals surface area contributed by atoms with Crippen molar-refractivity contribution in [1.29, 1.82) is 5.26 Å². The van der Waals surface area contributed by atoms with Crippen LogP contribution in [0.2, 0.25) is 0 Å². The van der Waals surface area contributed by atoms with E-state index in [1.807, 2.05) is 11.8 Å². The molecular weight excluding hydrogens is 366 g/mol. The number of amides is 2. The van der Waals surface area contributed by atoms with Crippen molar-refractivity contribution < 1.29 is 18.4 Å². The van der Waals surface area contributed by atoms with E-state index < -0.39 is 11.6 Å². The van der Waals surface area contributed by atoms with Gasteiger partial charge >= 0.3 is 0 Å². The molecule has 3 aliphatic rings. The number of benzene rings is 1. The summed E-state index contributed by atoms with van der Waals surface area (Å²) in [6, 6.07) is 4.43. The number of nitriles is 1. The van der Waals surface area contributed by atoms with Crippen LogP contribution in [0.4, 0.5) is 14.5 Å². The van der Waals surface area contributed by atoms with Crippen LogP contribution in [0.25, 0.3) is 0 Å². The number of carbonyl (C=O) groups is 2. The maximum Gasteiger partial charge on any atom is 0.244 e. The standard InChI is InChI=1S/C20H22F2N4O2/c1-12(19(27)25-4-2-3-15(25)9-23)10-24-11-17-8-18(24)20(28)26(17)16-6-13(21)5-14(22)7-16/h5-7,12,15,17-18H,2-4,8,10-11H2,1H3/t12-,15-,17-,18-/m0/s1. The van der Waals surface area contributed by atoms with Crippen molar-refractivity contribution >= 4 is 17.5 Å². The second kappa shape index (κ2) is 7.13. The van der Waals surface area contributed by atoms with E-state index in [0.717, 1.165) is 12.5 Å². The molecule has 3 aliphatic heterocycles. The molecule has 3 fully saturated rings. The van der Waals surface area contributed by atoms with Crippen molar-refractivity contribution in [3.8, 4) is 6.07 Å². The molecule has 28 heavy (non-hydrogen) atoms. The highest BCUT2D eigenvalue weighted by Crippen LogP contribution is 2.36. The quantitative estimate of drug-likeness (QED) is 0.790. The lowest BCUT2D eigenvalue weighted by atomic mass is 10.1. The predicted molar refractivity (Wildman–Crippen MR) is 97.1 cm³/mol. The lowest BCUT2D eigenvalue weighted by Crippen LogP contribution is -2.53. The van der Waals surface area contributed by atoms with Gasteiger partial charge in [-0.2, -0.15) is 5.26 Å². The first kappa shape index (κ1) is 18.8. The smallest absolute Gasteiger partial charge is 0.244 e. The summed E-state index contributed by atoms with van der Waals surface area (Å²) in [6.45, 7) is 3.43. The monoisotopic (exact) mass is 388 g/mol. The molecule has 2 bridgehead atoms. The van der Waals surface area contributed by atoms with Crippen LogP contribution in [-0.4, -0.2) is 59.4 Å². The molecule has 1 aromatic carbocycles. The van der Waals surface area contributed by atoms with Gasteiger partial charge in [-0.25, -0.2) is 8.78 Å². The number of halogens is 2. The molecule has 1 aromatic rings. The lowest BCUT2D eigenvalue weighted by molar-refractivity contribution is -0.136. The molecule has 3 saturated heterocycles. The van der Waals surface area contributed by atoms with Gasteiger partial charge in [-0.05, 0) is 31.4 Å². The minimum Gasteiger partial charge on any atom is -0.326 e. The van der Waals surface area contributed by atoms with Gasteiger partial charge in [0.05, 0.1) is 18.2 Å². The highest BCUT2D eigenvalue weighted by atomic mass is 19.1. The number of nitrogens with zero attached hydrogens (tertiary/aromatic N) is 4. The van der Waals surface area contributed by atoms with Crippen molar-refractivity contribution in [3.63, 3.8) is 0 Å². The van der Waals surface area contributed by atoms with E-state index in [1.54, 1.807) is 4.90 Å². The molecule has 3 heterocycles. The van der Waals surface area contributed by atoms with E-state index in [-0.39, 0.29) is 41.5 Å². The molecule has 0 aromatic heterocycles. The molecule has 0 radical (unpaired) electrons. The molecule has 148 valence electrons. The van der Waals surface area contributed by atoms with Crippen molar-refractivity contribution in [1.82, 2.24) is 9.80 Å². The van der Waals surface area contributed by atoms with Crippen LogP contribution in [-0.2, 0) is 9.59 Å². The Balaban J connectivity index is 1.43. The number of rotatable bonds is 4. The summed E-state index contributed by atoms with van der Waals surface area (Å²) < 4.78 is 27.1. The Labute approximate surface area is 162 Å². The second-order valence-electron chi connectivity index (χ2n) is 7.91. The first-order valence-corrected chi connectivity index (χ1v) is 9.62. The minimum absolute atomic E-state index is 0.0525. The molecule has 0 saturated carbocycles. The Hall–Kier alpha value is -2.53. The van der Waals surface area contributed by atoms with Crippen LogP contribution in [0, 0.1) is 28.9 Å². The molecule has 0 unspecified atom stereocenters. The van der Waals surface area contributed by atoms with Crippen LogP contribution < -0.4 is 4.90 Å². The minimum atomic E-state index is -0.709. The Morgan fingerprint density at radius 3 is 2.68 bits per heavy atom. The van der Waals surface area contributed by atoms with Gasteiger partial charge in [-0.1, -0.05) is 6.92 Å². The molecule has 4 atom stereocenters. The van der Waals surface area contributed by atoms with E-state index >= 15 is 0 Å². The Kier molecular flexibility index (Phi) is 4.79. The summed E-state index contributed by atoms with van der Waals surface area (Å²) in [6.07, 6.45) is 2.13. The van der Waals surface area contributed by atoms with Crippen molar-refractivity contribution in [2.75, 3.05) is 24.5 Å². The van der Waals surface area contributed by atoms with Crippen LogP contribution >= 0.6 is 0 Å². The fourth-order valence-electron chi connectivity index (χ4n) is 4.76. The average Bonchev–Trinajstić information content (AvgIpc) is 3.34. The molecular formula is C20H22F2N4O2. The Bertz CT molecular complexity index is 835. The predicted octanol–water partition coefficient (Wildman–Crippen LogP) is 1.90. The van der Waals surface area contributed by atoms with Gasteiger partial charge in [0.2, 0.25) is 11.8 Å². The molecule has 2 amide bonds. The third-order valence-electron chi connectivity index (χ3n) is 6.01. The first-order valence-electron chi connectivity index (χ1n) is 9.62. The molecule has 4 rings (SSSR count). The van der Waals surface area contributed by atoms with Gasteiger partial charge in [-0.15, -0.1) is 0 Å². The third kappa shape index (κ3) is 3.14. The molecule has 0 aliphatic carbocycles. The molecule has 0 N–H and O–H groups in total. The highest BCUT2D eigenvalue weighted by Gasteiger charge is 2.50. The van der Waals surface area contributed by atoms with Gasteiger partial charge < -0.3 is 9.80 Å². The SMILES string of the molecule is C[C@@H](CN1C[C@@H]2C[C@H]1C(=O)N2c1cc(F)cc(F)c1)C(=O)N1CCC[C@H]1C#N. The summed E-state index contributed by atoms with van der Waals surface area (Å²) in [5.41, 5.74) is 0.243. The fraction of sp³-hybridized carbons (Fsp3) is 0.550. The fourth-order valence-corrected chi connectivity index (χ4v) is 4.76. The summed E-state index contributed by atoms with van der Waals surface area (Å²) in [5.74, 6) is -1.97. The van der Waals surface area contributed by atoms with Crippen LogP contribution in [0.5, 0.6) is 0 Å².